The van der Waals surface area contributed by atoms with Gasteiger partial charge in [-0.2, -0.15) is 0 Å². The highest BCUT2D eigenvalue weighted by Gasteiger charge is 2.31. The van der Waals surface area contributed by atoms with Crippen molar-refractivity contribution in [1.29, 1.82) is 0 Å². The molecule has 1 unspecified atom stereocenters. The summed E-state index contributed by atoms with van der Waals surface area (Å²) in [5.74, 6) is -0.114. The van der Waals surface area contributed by atoms with Crippen molar-refractivity contribution >= 4 is 28.6 Å². The molecule has 0 N–H and O–H groups in total. The molecule has 0 amide bonds. The summed E-state index contributed by atoms with van der Waals surface area (Å²) in [4.78, 5) is 13.0. The molecule has 1 heterocycles. The van der Waals surface area contributed by atoms with Crippen molar-refractivity contribution in [3.8, 4) is 0 Å². The molecule has 2 aromatic carbocycles. The summed E-state index contributed by atoms with van der Waals surface area (Å²) in [6.45, 7) is 3.37. The predicted molar refractivity (Wildman–Crippen MR) is 84.6 cm³/mol. The third-order valence-electron chi connectivity index (χ3n) is 3.62. The number of carbonyl (C=O) groups excluding carboxylic acids is 1. The second kappa shape index (κ2) is 5.16. The maximum Gasteiger partial charge on any atom is 0.183 e. The number of halogens is 1. The molecule has 0 saturated carbocycles. The fourth-order valence-corrected chi connectivity index (χ4v) is 4.02. The molecular weight excluding hydrogens is 304 g/mol. The molecule has 0 aliphatic carbocycles. The minimum Gasteiger partial charge on any atom is -0.606 e. The van der Waals surface area contributed by atoms with Crippen LogP contribution in [0, 0.1) is 0 Å². The molecule has 0 aromatic heterocycles. The normalized spacial score (nSPS) is 17.0. The van der Waals surface area contributed by atoms with Gasteiger partial charge >= 0.3 is 0 Å². The van der Waals surface area contributed by atoms with E-state index in [2.05, 4.69) is 0 Å². The molecule has 0 saturated heterocycles. The van der Waals surface area contributed by atoms with Gasteiger partial charge in [0.15, 0.2) is 15.6 Å². The molecule has 1 aliphatic heterocycles. The summed E-state index contributed by atoms with van der Waals surface area (Å²) in [7, 11) is 0. The molecule has 0 fully saturated rings. The highest BCUT2D eigenvalue weighted by atomic mass is 35.5. The fraction of sp³-hybridized carbons (Fsp3) is 0.235. The second-order valence-electron chi connectivity index (χ2n) is 5.68. The van der Waals surface area contributed by atoms with Crippen LogP contribution in [0.2, 0.25) is 0 Å². The van der Waals surface area contributed by atoms with E-state index in [1.165, 1.54) is 0 Å². The number of alkyl halides is 1. The molecule has 108 valence electrons. The van der Waals surface area contributed by atoms with E-state index in [1.54, 1.807) is 26.0 Å². The summed E-state index contributed by atoms with van der Waals surface area (Å²) in [5.41, 5.74) is 2.57. The molecule has 1 aliphatic rings. The summed E-state index contributed by atoms with van der Waals surface area (Å²) in [6, 6.07) is 13.1. The van der Waals surface area contributed by atoms with Gasteiger partial charge in [0.1, 0.15) is 4.87 Å². The summed E-state index contributed by atoms with van der Waals surface area (Å²) < 4.78 is 12.6. The number of carbonyl (C=O) groups is 1. The number of fused-ring (bicyclic) bond motifs is 2. The molecule has 2 aromatic rings. The molecule has 0 bridgehead atoms. The van der Waals surface area contributed by atoms with Crippen LogP contribution in [-0.4, -0.2) is 15.2 Å². The number of hydrogen-bond acceptors (Lipinski definition) is 2. The molecule has 0 radical (unpaired) electrons. The Balaban J connectivity index is 2.05. The van der Waals surface area contributed by atoms with E-state index in [-0.39, 0.29) is 5.78 Å². The van der Waals surface area contributed by atoms with Crippen LogP contribution in [0.3, 0.4) is 0 Å². The van der Waals surface area contributed by atoms with Gasteiger partial charge in [-0.25, -0.2) is 0 Å². The Labute approximate surface area is 132 Å². The fourth-order valence-electron chi connectivity index (χ4n) is 2.54. The monoisotopic (exact) mass is 318 g/mol. The van der Waals surface area contributed by atoms with Crippen LogP contribution in [0.1, 0.15) is 35.3 Å². The molecule has 2 nitrogen and oxygen atoms in total. The average Bonchev–Trinajstić information content (AvgIpc) is 2.45. The zero-order valence-corrected chi connectivity index (χ0v) is 13.4. The minimum absolute atomic E-state index is 0.114. The van der Waals surface area contributed by atoms with Crippen molar-refractivity contribution in [2.75, 3.05) is 0 Å². The molecule has 3 rings (SSSR count). The molecule has 1 atom stereocenters. The third kappa shape index (κ3) is 2.61. The van der Waals surface area contributed by atoms with Crippen molar-refractivity contribution in [3.05, 3.63) is 59.2 Å². The zero-order chi connectivity index (χ0) is 15.2. The number of rotatable bonds is 2. The smallest absolute Gasteiger partial charge is 0.183 e. The number of hydrogen-bond donors (Lipinski definition) is 0. The van der Waals surface area contributed by atoms with Crippen LogP contribution in [0.25, 0.3) is 0 Å². The first-order valence-electron chi connectivity index (χ1n) is 6.74. The van der Waals surface area contributed by atoms with Gasteiger partial charge in [0.25, 0.3) is 0 Å². The largest absolute Gasteiger partial charge is 0.606 e. The van der Waals surface area contributed by atoms with E-state index < -0.39 is 16.1 Å². The summed E-state index contributed by atoms with van der Waals surface area (Å²) >= 11 is 4.92. The van der Waals surface area contributed by atoms with Gasteiger partial charge in [0, 0.05) is 34.3 Å². The Morgan fingerprint density at radius 3 is 2.52 bits per heavy atom. The maximum absolute atomic E-state index is 12.6. The average molecular weight is 319 g/mol. The van der Waals surface area contributed by atoms with Crippen molar-refractivity contribution in [1.82, 2.24) is 0 Å². The van der Waals surface area contributed by atoms with E-state index in [9.17, 15) is 9.35 Å². The first-order valence-corrected chi connectivity index (χ1v) is 8.27. The van der Waals surface area contributed by atoms with Gasteiger partial charge in [0.2, 0.25) is 0 Å². The molecular formula is C17H15ClO2S. The van der Waals surface area contributed by atoms with Crippen LogP contribution in [-0.2, 0) is 17.6 Å². The van der Waals surface area contributed by atoms with Crippen LogP contribution in [0.15, 0.2) is 52.3 Å². The van der Waals surface area contributed by atoms with E-state index >= 15 is 0 Å². The Morgan fingerprint density at radius 1 is 1.14 bits per heavy atom. The zero-order valence-electron chi connectivity index (χ0n) is 11.9. The first kappa shape index (κ1) is 14.6. The number of Topliss-reactive ketones (excluding diaryl/α,β-unsaturated/α-hetero) is 1. The SMILES string of the molecule is CC(C)(Cl)C(=O)c1ccc2c(c1)Cc1ccccc1[S+]2[O-]. The molecule has 4 heteroatoms. The Kier molecular flexibility index (Phi) is 3.60. The van der Waals surface area contributed by atoms with Gasteiger partial charge in [0.05, 0.1) is 0 Å². The van der Waals surface area contributed by atoms with Crippen molar-refractivity contribution in [3.63, 3.8) is 0 Å². The lowest BCUT2D eigenvalue weighted by Crippen LogP contribution is -2.25. The Morgan fingerprint density at radius 2 is 1.81 bits per heavy atom. The first-order chi connectivity index (χ1) is 9.88. The Hall–Kier alpha value is -1.29. The maximum atomic E-state index is 12.6. The van der Waals surface area contributed by atoms with Crippen LogP contribution in [0.5, 0.6) is 0 Å². The van der Waals surface area contributed by atoms with Crippen LogP contribution >= 0.6 is 11.6 Å². The van der Waals surface area contributed by atoms with E-state index in [4.69, 9.17) is 11.6 Å². The highest BCUT2D eigenvalue weighted by molar-refractivity contribution is 7.91. The second-order valence-corrected chi connectivity index (χ2v) is 8.04. The van der Waals surface area contributed by atoms with Gasteiger partial charge in [-0.05, 0) is 38.1 Å². The topological polar surface area (TPSA) is 40.1 Å². The number of ketones is 1. The highest BCUT2D eigenvalue weighted by Crippen LogP contribution is 2.35. The van der Waals surface area contributed by atoms with Crippen molar-refractivity contribution in [2.24, 2.45) is 0 Å². The lowest BCUT2D eigenvalue weighted by molar-refractivity contribution is 0.0954. The van der Waals surface area contributed by atoms with Crippen molar-refractivity contribution < 1.29 is 9.35 Å². The standard InChI is InChI=1S/C17H15ClO2S/c1-17(2,18)16(19)12-7-8-15-13(10-12)9-11-5-3-4-6-14(11)21(15)20/h3-8,10H,9H2,1-2H3. The van der Waals surface area contributed by atoms with Crippen LogP contribution < -0.4 is 0 Å². The van der Waals surface area contributed by atoms with Gasteiger partial charge in [-0.15, -0.1) is 11.6 Å². The lowest BCUT2D eigenvalue weighted by atomic mass is 9.96. The van der Waals surface area contributed by atoms with E-state index in [0.717, 1.165) is 20.9 Å². The van der Waals surface area contributed by atoms with Crippen LogP contribution in [0.4, 0.5) is 0 Å². The third-order valence-corrected chi connectivity index (χ3v) is 5.38. The Bertz CT molecular complexity index is 719. The predicted octanol–water partition coefficient (Wildman–Crippen LogP) is 3.96. The minimum atomic E-state index is -1.18. The van der Waals surface area contributed by atoms with E-state index in [0.29, 0.717) is 12.0 Å². The summed E-state index contributed by atoms with van der Waals surface area (Å²) in [6.07, 6.45) is 0.696. The number of benzene rings is 2. The van der Waals surface area contributed by atoms with Gasteiger partial charge in [-0.1, -0.05) is 18.2 Å². The lowest BCUT2D eigenvalue weighted by Gasteiger charge is -2.22. The van der Waals surface area contributed by atoms with Gasteiger partial charge in [-0.3, -0.25) is 4.79 Å². The van der Waals surface area contributed by atoms with Crippen molar-refractivity contribution in [2.45, 2.75) is 34.9 Å². The summed E-state index contributed by atoms with van der Waals surface area (Å²) in [5, 5.41) is 0. The van der Waals surface area contributed by atoms with Gasteiger partial charge < -0.3 is 4.55 Å². The van der Waals surface area contributed by atoms with E-state index in [1.807, 2.05) is 30.3 Å². The molecule has 21 heavy (non-hydrogen) atoms. The molecule has 0 spiro atoms. The quantitative estimate of drug-likeness (QED) is 0.478.